The molecular formula is C12H14ClN3OS. The summed E-state index contributed by atoms with van der Waals surface area (Å²) in [6, 6.07) is 5.47. The lowest BCUT2D eigenvalue weighted by molar-refractivity contribution is 0.384. The van der Waals surface area contributed by atoms with E-state index in [1.54, 1.807) is 0 Å². The third-order valence-electron chi connectivity index (χ3n) is 2.32. The van der Waals surface area contributed by atoms with Crippen molar-refractivity contribution in [3.05, 3.63) is 34.9 Å². The number of nitrogens with zero attached hydrogens (tertiary/aromatic N) is 2. The second kappa shape index (κ2) is 6.11. The Labute approximate surface area is 115 Å². The van der Waals surface area contributed by atoms with Gasteiger partial charge in [0.05, 0.1) is 10.8 Å². The third kappa shape index (κ3) is 3.17. The SMILES string of the molecule is CCCc1noc(CSc2c(N)cccc2Cl)n1. The van der Waals surface area contributed by atoms with E-state index in [0.717, 1.165) is 23.6 Å². The third-order valence-corrected chi connectivity index (χ3v) is 3.88. The van der Waals surface area contributed by atoms with Crippen molar-refractivity contribution < 1.29 is 4.52 Å². The quantitative estimate of drug-likeness (QED) is 0.671. The van der Waals surface area contributed by atoms with Gasteiger partial charge >= 0.3 is 0 Å². The Morgan fingerprint density at radius 1 is 1.44 bits per heavy atom. The van der Waals surface area contributed by atoms with Crippen LogP contribution in [0.2, 0.25) is 5.02 Å². The fourth-order valence-electron chi connectivity index (χ4n) is 1.49. The van der Waals surface area contributed by atoms with Crippen LogP contribution in [-0.4, -0.2) is 10.1 Å². The van der Waals surface area contributed by atoms with E-state index in [4.69, 9.17) is 21.9 Å². The minimum atomic E-state index is 0.574. The molecule has 96 valence electrons. The zero-order chi connectivity index (χ0) is 13.0. The molecule has 0 bridgehead atoms. The molecule has 1 heterocycles. The molecular weight excluding hydrogens is 270 g/mol. The molecule has 0 aliphatic carbocycles. The molecule has 0 aliphatic rings. The summed E-state index contributed by atoms with van der Waals surface area (Å²) in [4.78, 5) is 5.15. The van der Waals surface area contributed by atoms with Gasteiger partial charge in [-0.15, -0.1) is 11.8 Å². The molecule has 0 amide bonds. The van der Waals surface area contributed by atoms with E-state index >= 15 is 0 Å². The van der Waals surface area contributed by atoms with Crippen LogP contribution in [0.4, 0.5) is 5.69 Å². The van der Waals surface area contributed by atoms with E-state index in [-0.39, 0.29) is 0 Å². The lowest BCUT2D eigenvalue weighted by Crippen LogP contribution is -1.90. The molecule has 2 rings (SSSR count). The molecule has 0 saturated heterocycles. The summed E-state index contributed by atoms with van der Waals surface area (Å²) in [5.74, 6) is 1.92. The molecule has 0 atom stereocenters. The molecule has 4 nitrogen and oxygen atoms in total. The highest BCUT2D eigenvalue weighted by atomic mass is 35.5. The van der Waals surface area contributed by atoms with Gasteiger partial charge in [-0.05, 0) is 18.6 Å². The van der Waals surface area contributed by atoms with Gasteiger partial charge < -0.3 is 10.3 Å². The van der Waals surface area contributed by atoms with E-state index in [0.29, 0.717) is 22.4 Å². The van der Waals surface area contributed by atoms with Crippen LogP contribution in [0, 0.1) is 0 Å². The van der Waals surface area contributed by atoms with Crippen LogP contribution >= 0.6 is 23.4 Å². The summed E-state index contributed by atoms with van der Waals surface area (Å²) in [6.45, 7) is 2.08. The van der Waals surface area contributed by atoms with Crippen LogP contribution in [0.1, 0.15) is 25.1 Å². The number of rotatable bonds is 5. The van der Waals surface area contributed by atoms with Gasteiger partial charge in [0.2, 0.25) is 5.89 Å². The maximum atomic E-state index is 6.08. The lowest BCUT2D eigenvalue weighted by atomic mass is 10.3. The number of benzene rings is 1. The maximum absolute atomic E-state index is 6.08. The number of nitrogen functional groups attached to an aromatic ring is 1. The van der Waals surface area contributed by atoms with Crippen LogP contribution < -0.4 is 5.73 Å². The van der Waals surface area contributed by atoms with Crippen molar-refractivity contribution in [2.75, 3.05) is 5.73 Å². The van der Waals surface area contributed by atoms with E-state index in [1.165, 1.54) is 11.8 Å². The first-order valence-electron chi connectivity index (χ1n) is 5.69. The maximum Gasteiger partial charge on any atom is 0.237 e. The highest BCUT2D eigenvalue weighted by Crippen LogP contribution is 2.34. The molecule has 0 unspecified atom stereocenters. The molecule has 0 saturated carbocycles. The first kappa shape index (κ1) is 13.2. The normalized spacial score (nSPS) is 10.8. The average Bonchev–Trinajstić information content (AvgIpc) is 2.77. The van der Waals surface area contributed by atoms with Gasteiger partial charge in [-0.2, -0.15) is 4.98 Å². The molecule has 0 radical (unpaired) electrons. The molecule has 1 aromatic heterocycles. The van der Waals surface area contributed by atoms with Gasteiger partial charge in [0.15, 0.2) is 5.82 Å². The van der Waals surface area contributed by atoms with Crippen molar-refractivity contribution in [3.8, 4) is 0 Å². The van der Waals surface area contributed by atoms with Crippen molar-refractivity contribution in [2.45, 2.75) is 30.4 Å². The number of nitrogens with two attached hydrogens (primary N) is 1. The summed E-state index contributed by atoms with van der Waals surface area (Å²) < 4.78 is 5.15. The van der Waals surface area contributed by atoms with Crippen molar-refractivity contribution in [1.82, 2.24) is 10.1 Å². The topological polar surface area (TPSA) is 64.9 Å². The summed E-state index contributed by atoms with van der Waals surface area (Å²) in [5, 5.41) is 4.55. The number of aromatic nitrogens is 2. The number of halogens is 1. The summed E-state index contributed by atoms with van der Waals surface area (Å²) in [5.41, 5.74) is 6.53. The molecule has 0 spiro atoms. The first-order chi connectivity index (χ1) is 8.70. The first-order valence-corrected chi connectivity index (χ1v) is 7.05. The molecule has 6 heteroatoms. The van der Waals surface area contributed by atoms with E-state index in [9.17, 15) is 0 Å². The van der Waals surface area contributed by atoms with Gasteiger partial charge in [0.25, 0.3) is 0 Å². The Morgan fingerprint density at radius 3 is 3.00 bits per heavy atom. The standard InChI is InChI=1S/C12H14ClN3OS/c1-2-4-10-15-11(17-16-10)7-18-12-8(13)5-3-6-9(12)14/h3,5-6H,2,4,7,14H2,1H3. The molecule has 0 aliphatic heterocycles. The van der Waals surface area contributed by atoms with Crippen LogP contribution in [0.3, 0.4) is 0 Å². The fourth-order valence-corrected chi connectivity index (χ4v) is 2.66. The van der Waals surface area contributed by atoms with Crippen molar-refractivity contribution in [3.63, 3.8) is 0 Å². The van der Waals surface area contributed by atoms with Crippen LogP contribution in [0.25, 0.3) is 0 Å². The lowest BCUT2D eigenvalue weighted by Gasteiger charge is -2.05. The molecule has 18 heavy (non-hydrogen) atoms. The van der Waals surface area contributed by atoms with Crippen molar-refractivity contribution >= 4 is 29.1 Å². The van der Waals surface area contributed by atoms with Crippen molar-refractivity contribution in [1.29, 1.82) is 0 Å². The number of hydrogen-bond acceptors (Lipinski definition) is 5. The number of hydrogen-bond donors (Lipinski definition) is 1. The van der Waals surface area contributed by atoms with Crippen LogP contribution in [0.15, 0.2) is 27.6 Å². The number of thioether (sulfide) groups is 1. The van der Waals surface area contributed by atoms with Gasteiger partial charge in [-0.25, -0.2) is 0 Å². The zero-order valence-electron chi connectivity index (χ0n) is 10.0. The van der Waals surface area contributed by atoms with Gasteiger partial charge in [-0.3, -0.25) is 0 Å². The fraction of sp³-hybridized carbons (Fsp3) is 0.333. The van der Waals surface area contributed by atoms with Gasteiger partial charge in [0.1, 0.15) is 0 Å². The molecule has 1 aromatic carbocycles. The molecule has 2 aromatic rings. The minimum absolute atomic E-state index is 0.574. The Balaban J connectivity index is 2.02. The van der Waals surface area contributed by atoms with Crippen molar-refractivity contribution in [2.24, 2.45) is 0 Å². The van der Waals surface area contributed by atoms with Gasteiger partial charge in [0, 0.05) is 17.0 Å². The average molecular weight is 284 g/mol. The Kier molecular flexibility index (Phi) is 4.49. The van der Waals surface area contributed by atoms with Crippen LogP contribution in [-0.2, 0) is 12.2 Å². The predicted molar refractivity (Wildman–Crippen MR) is 73.7 cm³/mol. The smallest absolute Gasteiger partial charge is 0.237 e. The Morgan fingerprint density at radius 2 is 2.28 bits per heavy atom. The second-order valence-electron chi connectivity index (χ2n) is 3.80. The van der Waals surface area contributed by atoms with E-state index in [2.05, 4.69) is 17.1 Å². The van der Waals surface area contributed by atoms with E-state index in [1.807, 2.05) is 18.2 Å². The Hall–Kier alpha value is -1.20. The monoisotopic (exact) mass is 283 g/mol. The number of anilines is 1. The van der Waals surface area contributed by atoms with Gasteiger partial charge in [-0.1, -0.05) is 29.7 Å². The van der Waals surface area contributed by atoms with Crippen LogP contribution in [0.5, 0.6) is 0 Å². The summed E-state index contributed by atoms with van der Waals surface area (Å²) in [7, 11) is 0. The summed E-state index contributed by atoms with van der Waals surface area (Å²) in [6.07, 6.45) is 1.84. The number of aryl methyl sites for hydroxylation is 1. The second-order valence-corrected chi connectivity index (χ2v) is 5.19. The summed E-state index contributed by atoms with van der Waals surface area (Å²) >= 11 is 7.59. The Bertz CT molecular complexity index is 510. The molecule has 2 N–H and O–H groups in total. The zero-order valence-corrected chi connectivity index (χ0v) is 11.6. The highest BCUT2D eigenvalue weighted by molar-refractivity contribution is 7.98. The highest BCUT2D eigenvalue weighted by Gasteiger charge is 2.09. The largest absolute Gasteiger partial charge is 0.398 e. The predicted octanol–water partition coefficient (Wildman–Crippen LogP) is 3.55. The molecule has 0 fully saturated rings. The van der Waals surface area contributed by atoms with E-state index < -0.39 is 0 Å². The minimum Gasteiger partial charge on any atom is -0.398 e.